The van der Waals surface area contributed by atoms with Crippen LogP contribution in [0, 0.1) is 19.7 Å². The lowest BCUT2D eigenvalue weighted by Gasteiger charge is -2.10. The number of hydrogen-bond donors (Lipinski definition) is 2. The summed E-state index contributed by atoms with van der Waals surface area (Å²) in [7, 11) is -3.88. The molecule has 6 nitrogen and oxygen atoms in total. The number of nitrogens with one attached hydrogen (secondary N) is 1. The van der Waals surface area contributed by atoms with Crippen LogP contribution in [0.5, 0.6) is 0 Å². The summed E-state index contributed by atoms with van der Waals surface area (Å²) in [4.78, 5) is 7.88. The second-order valence-corrected chi connectivity index (χ2v) is 6.33. The standard InChI is InChI=1S/C13H15FN4O2S/c1-8-5-17-11(6-16-8)7-18-21(19,20)13-4-10(15)3-12(14)9(13)2/h3-6,18H,7,15H2,1-2H3. The lowest BCUT2D eigenvalue weighted by atomic mass is 10.2. The maximum absolute atomic E-state index is 13.6. The highest BCUT2D eigenvalue weighted by Crippen LogP contribution is 2.21. The van der Waals surface area contributed by atoms with Crippen molar-refractivity contribution in [2.24, 2.45) is 0 Å². The average Bonchev–Trinajstić information content (AvgIpc) is 2.42. The van der Waals surface area contributed by atoms with Crippen LogP contribution in [0.2, 0.25) is 0 Å². The Hall–Kier alpha value is -2.06. The number of nitrogens with zero attached hydrogens (tertiary/aromatic N) is 2. The molecular weight excluding hydrogens is 295 g/mol. The third kappa shape index (κ3) is 3.53. The van der Waals surface area contributed by atoms with E-state index in [0.29, 0.717) is 5.69 Å². The number of benzene rings is 1. The van der Waals surface area contributed by atoms with Crippen molar-refractivity contribution in [2.75, 3.05) is 5.73 Å². The van der Waals surface area contributed by atoms with Crippen molar-refractivity contribution >= 4 is 15.7 Å². The Kier molecular flexibility index (Phi) is 4.19. The third-order valence-corrected chi connectivity index (χ3v) is 4.41. The first-order valence-corrected chi connectivity index (χ1v) is 7.61. The summed E-state index contributed by atoms with van der Waals surface area (Å²) in [5, 5.41) is 0. The number of rotatable bonds is 4. The molecule has 0 aliphatic carbocycles. The highest BCUT2D eigenvalue weighted by Gasteiger charge is 2.19. The lowest BCUT2D eigenvalue weighted by Crippen LogP contribution is -2.25. The summed E-state index contributed by atoms with van der Waals surface area (Å²) in [6.45, 7) is 3.13. The normalized spacial score (nSPS) is 11.6. The van der Waals surface area contributed by atoms with Crippen LogP contribution in [-0.2, 0) is 16.6 Å². The Bertz CT molecular complexity index is 760. The summed E-state index contributed by atoms with van der Waals surface area (Å²) in [5.41, 5.74) is 6.76. The number of hydrogen-bond acceptors (Lipinski definition) is 5. The Balaban J connectivity index is 2.25. The van der Waals surface area contributed by atoms with Gasteiger partial charge in [0.25, 0.3) is 0 Å². The van der Waals surface area contributed by atoms with Gasteiger partial charge in [0.05, 0.1) is 29.0 Å². The second-order valence-electron chi connectivity index (χ2n) is 4.60. The van der Waals surface area contributed by atoms with Crippen molar-refractivity contribution < 1.29 is 12.8 Å². The molecule has 0 unspecified atom stereocenters. The first-order valence-electron chi connectivity index (χ1n) is 6.12. The molecule has 21 heavy (non-hydrogen) atoms. The Morgan fingerprint density at radius 2 is 1.95 bits per heavy atom. The maximum atomic E-state index is 13.6. The Labute approximate surface area is 122 Å². The van der Waals surface area contributed by atoms with Gasteiger partial charge >= 0.3 is 0 Å². The fraction of sp³-hybridized carbons (Fsp3) is 0.231. The van der Waals surface area contributed by atoms with Crippen LogP contribution in [-0.4, -0.2) is 18.4 Å². The molecule has 0 radical (unpaired) electrons. The molecule has 2 aromatic rings. The van der Waals surface area contributed by atoms with Gasteiger partial charge in [0.15, 0.2) is 0 Å². The fourth-order valence-electron chi connectivity index (χ4n) is 1.71. The van der Waals surface area contributed by atoms with Crippen LogP contribution >= 0.6 is 0 Å². The number of aryl methyl sites for hydroxylation is 1. The lowest BCUT2D eigenvalue weighted by molar-refractivity contribution is 0.573. The van der Waals surface area contributed by atoms with Gasteiger partial charge in [-0.1, -0.05) is 0 Å². The molecule has 1 aromatic carbocycles. The SMILES string of the molecule is Cc1cnc(CNS(=O)(=O)c2cc(N)cc(F)c2C)cn1. The fourth-order valence-corrected chi connectivity index (χ4v) is 3.00. The minimum Gasteiger partial charge on any atom is -0.399 e. The summed E-state index contributed by atoms with van der Waals surface area (Å²) in [5.74, 6) is -0.662. The summed E-state index contributed by atoms with van der Waals surface area (Å²) >= 11 is 0. The highest BCUT2D eigenvalue weighted by atomic mass is 32.2. The van der Waals surface area contributed by atoms with E-state index in [9.17, 15) is 12.8 Å². The molecule has 1 heterocycles. The zero-order chi connectivity index (χ0) is 15.6. The molecule has 2 rings (SSSR count). The van der Waals surface area contributed by atoms with Crippen molar-refractivity contribution in [3.8, 4) is 0 Å². The third-order valence-electron chi connectivity index (χ3n) is 2.89. The minimum atomic E-state index is -3.88. The molecule has 3 N–H and O–H groups in total. The van der Waals surface area contributed by atoms with Gasteiger partial charge in [-0.15, -0.1) is 0 Å². The van der Waals surface area contributed by atoms with Crippen molar-refractivity contribution in [1.29, 1.82) is 0 Å². The van der Waals surface area contributed by atoms with E-state index in [0.717, 1.165) is 11.8 Å². The molecule has 0 saturated carbocycles. The van der Waals surface area contributed by atoms with Gasteiger partial charge < -0.3 is 5.73 Å². The van der Waals surface area contributed by atoms with Crippen LogP contribution in [0.3, 0.4) is 0 Å². The molecule has 1 aromatic heterocycles. The quantitative estimate of drug-likeness (QED) is 0.829. The zero-order valence-corrected chi connectivity index (χ0v) is 12.4. The minimum absolute atomic E-state index is 0.0201. The predicted molar refractivity (Wildman–Crippen MR) is 76.3 cm³/mol. The molecular formula is C13H15FN4O2S. The van der Waals surface area contributed by atoms with Crippen LogP contribution in [0.4, 0.5) is 10.1 Å². The van der Waals surface area contributed by atoms with Crippen LogP contribution in [0.15, 0.2) is 29.4 Å². The largest absolute Gasteiger partial charge is 0.399 e. The molecule has 0 aliphatic rings. The smallest absolute Gasteiger partial charge is 0.241 e. The van der Waals surface area contributed by atoms with Gasteiger partial charge in [-0.25, -0.2) is 17.5 Å². The summed E-state index contributed by atoms with van der Waals surface area (Å²) < 4.78 is 40.4. The topological polar surface area (TPSA) is 98.0 Å². The monoisotopic (exact) mass is 310 g/mol. The molecule has 0 fully saturated rings. The Morgan fingerprint density at radius 1 is 1.24 bits per heavy atom. The van der Waals surface area contributed by atoms with Gasteiger partial charge in [-0.05, 0) is 26.0 Å². The number of sulfonamides is 1. The van der Waals surface area contributed by atoms with Crippen molar-refractivity contribution in [1.82, 2.24) is 14.7 Å². The highest BCUT2D eigenvalue weighted by molar-refractivity contribution is 7.89. The molecule has 8 heteroatoms. The van der Waals surface area contributed by atoms with Crippen LogP contribution < -0.4 is 10.5 Å². The first-order chi connectivity index (χ1) is 9.79. The molecule has 0 amide bonds. The Morgan fingerprint density at radius 3 is 2.57 bits per heavy atom. The van der Waals surface area contributed by atoms with Gasteiger partial charge in [0.1, 0.15) is 5.82 Å². The van der Waals surface area contributed by atoms with E-state index in [1.807, 2.05) is 0 Å². The second kappa shape index (κ2) is 5.74. The number of nitrogens with two attached hydrogens (primary N) is 1. The molecule has 112 valence electrons. The molecule has 0 bridgehead atoms. The van der Waals surface area contributed by atoms with Crippen LogP contribution in [0.25, 0.3) is 0 Å². The van der Waals surface area contributed by atoms with E-state index >= 15 is 0 Å². The maximum Gasteiger partial charge on any atom is 0.241 e. The van der Waals surface area contributed by atoms with Gasteiger partial charge in [-0.3, -0.25) is 9.97 Å². The number of nitrogen functional groups attached to an aromatic ring is 1. The molecule has 0 aliphatic heterocycles. The predicted octanol–water partition coefficient (Wildman–Crippen LogP) is 1.29. The average molecular weight is 310 g/mol. The van der Waals surface area contributed by atoms with Crippen molar-refractivity contribution in [3.63, 3.8) is 0 Å². The van der Waals surface area contributed by atoms with E-state index in [2.05, 4.69) is 14.7 Å². The van der Waals surface area contributed by atoms with E-state index in [-0.39, 0.29) is 22.7 Å². The van der Waals surface area contributed by atoms with Gasteiger partial charge in [0, 0.05) is 17.4 Å². The number of anilines is 1. The van der Waals surface area contributed by atoms with E-state index in [4.69, 9.17) is 5.73 Å². The van der Waals surface area contributed by atoms with Crippen molar-refractivity contribution in [2.45, 2.75) is 25.3 Å². The zero-order valence-electron chi connectivity index (χ0n) is 11.6. The summed E-state index contributed by atoms with van der Waals surface area (Å²) in [6, 6.07) is 2.31. The number of aromatic nitrogens is 2. The van der Waals surface area contributed by atoms with Gasteiger partial charge in [0.2, 0.25) is 10.0 Å². The molecule has 0 atom stereocenters. The van der Waals surface area contributed by atoms with Gasteiger partial charge in [-0.2, -0.15) is 0 Å². The molecule has 0 spiro atoms. The molecule has 0 saturated heterocycles. The van der Waals surface area contributed by atoms with Crippen LogP contribution in [0.1, 0.15) is 17.0 Å². The van der Waals surface area contributed by atoms with E-state index in [1.54, 1.807) is 6.92 Å². The van der Waals surface area contributed by atoms with Crippen molar-refractivity contribution in [3.05, 3.63) is 47.3 Å². The summed E-state index contributed by atoms with van der Waals surface area (Å²) in [6.07, 6.45) is 3.01. The first kappa shape index (κ1) is 15.3. The van der Waals surface area contributed by atoms with E-state index < -0.39 is 15.8 Å². The van der Waals surface area contributed by atoms with E-state index in [1.165, 1.54) is 25.4 Å². The number of halogens is 1.